The smallest absolute Gasteiger partial charge is 0.326 e. The molecule has 0 bridgehead atoms. The van der Waals surface area contributed by atoms with Crippen LogP contribution in [0.5, 0.6) is 0 Å². The minimum Gasteiger partial charge on any atom is -0.480 e. The van der Waals surface area contributed by atoms with Gasteiger partial charge in [0.1, 0.15) is 6.04 Å². The standard InChI is InChI=1S/C14H27N3O3/c1-4-10(3)12(13(18)19)16-14(20)15-8-11-6-7-17(5-2)9-11/h10-12H,4-9H2,1-3H3,(H,18,19)(H2,15,16,20)/t10?,11?,12-/m0/s1. The molecule has 0 aromatic heterocycles. The molecule has 1 heterocycles. The first-order chi connectivity index (χ1) is 9.47. The lowest BCUT2D eigenvalue weighted by Gasteiger charge is -2.21. The number of hydrogen-bond donors (Lipinski definition) is 3. The topological polar surface area (TPSA) is 81.7 Å². The highest BCUT2D eigenvalue weighted by Gasteiger charge is 2.26. The van der Waals surface area contributed by atoms with Crippen molar-refractivity contribution in [2.45, 2.75) is 39.7 Å². The number of nitrogens with zero attached hydrogens (tertiary/aromatic N) is 1. The van der Waals surface area contributed by atoms with Gasteiger partial charge in [0.25, 0.3) is 0 Å². The van der Waals surface area contributed by atoms with Crippen molar-refractivity contribution in [3.8, 4) is 0 Å². The van der Waals surface area contributed by atoms with Gasteiger partial charge >= 0.3 is 12.0 Å². The maximum Gasteiger partial charge on any atom is 0.326 e. The number of carbonyl (C=O) groups excluding carboxylic acids is 1. The molecular weight excluding hydrogens is 258 g/mol. The second-order valence-electron chi connectivity index (χ2n) is 5.60. The highest BCUT2D eigenvalue weighted by atomic mass is 16.4. The molecule has 2 unspecified atom stereocenters. The number of aliphatic carboxylic acids is 1. The molecule has 0 radical (unpaired) electrons. The van der Waals surface area contributed by atoms with Crippen LogP contribution < -0.4 is 10.6 Å². The molecule has 6 heteroatoms. The summed E-state index contributed by atoms with van der Waals surface area (Å²) in [5.74, 6) is -0.597. The Labute approximate surface area is 120 Å². The second kappa shape index (κ2) is 8.09. The van der Waals surface area contributed by atoms with Gasteiger partial charge in [-0.05, 0) is 31.3 Å². The molecule has 1 rings (SSSR count). The number of carboxylic acids is 1. The number of rotatable bonds is 7. The molecule has 3 N–H and O–H groups in total. The van der Waals surface area contributed by atoms with Gasteiger partial charge in [-0.25, -0.2) is 9.59 Å². The summed E-state index contributed by atoms with van der Waals surface area (Å²) in [5.41, 5.74) is 0. The van der Waals surface area contributed by atoms with Crippen LogP contribution in [0.1, 0.15) is 33.6 Å². The van der Waals surface area contributed by atoms with Crippen molar-refractivity contribution >= 4 is 12.0 Å². The minimum atomic E-state index is -0.979. The zero-order valence-corrected chi connectivity index (χ0v) is 12.7. The van der Waals surface area contributed by atoms with E-state index in [0.717, 1.165) is 26.1 Å². The summed E-state index contributed by atoms with van der Waals surface area (Å²) in [5, 5.41) is 14.5. The predicted octanol–water partition coefficient (Wildman–Crippen LogP) is 1.13. The third-order valence-corrected chi connectivity index (χ3v) is 4.13. The van der Waals surface area contributed by atoms with Crippen LogP contribution in [0.15, 0.2) is 0 Å². The van der Waals surface area contributed by atoms with Crippen LogP contribution in [0, 0.1) is 11.8 Å². The fraction of sp³-hybridized carbons (Fsp3) is 0.857. The van der Waals surface area contributed by atoms with E-state index in [1.165, 1.54) is 0 Å². The molecule has 1 fully saturated rings. The van der Waals surface area contributed by atoms with Gasteiger partial charge in [0, 0.05) is 13.1 Å². The summed E-state index contributed by atoms with van der Waals surface area (Å²) < 4.78 is 0. The van der Waals surface area contributed by atoms with E-state index in [1.54, 1.807) is 0 Å². The summed E-state index contributed by atoms with van der Waals surface area (Å²) in [6.07, 6.45) is 1.80. The normalized spacial score (nSPS) is 22.2. The van der Waals surface area contributed by atoms with Gasteiger partial charge in [0.2, 0.25) is 0 Å². The van der Waals surface area contributed by atoms with Gasteiger partial charge in [-0.2, -0.15) is 0 Å². The Balaban J connectivity index is 2.33. The summed E-state index contributed by atoms with van der Waals surface area (Å²) in [6, 6.07) is -1.21. The summed E-state index contributed by atoms with van der Waals surface area (Å²) in [7, 11) is 0. The van der Waals surface area contributed by atoms with E-state index in [-0.39, 0.29) is 11.9 Å². The first-order valence-corrected chi connectivity index (χ1v) is 7.47. The third kappa shape index (κ3) is 5.00. The molecule has 1 aliphatic rings. The first kappa shape index (κ1) is 16.8. The molecule has 1 saturated heterocycles. The third-order valence-electron chi connectivity index (χ3n) is 4.13. The number of amides is 2. The maximum absolute atomic E-state index is 11.8. The quantitative estimate of drug-likeness (QED) is 0.655. The number of urea groups is 1. The van der Waals surface area contributed by atoms with Gasteiger partial charge in [-0.1, -0.05) is 27.2 Å². The van der Waals surface area contributed by atoms with E-state index in [4.69, 9.17) is 5.11 Å². The molecule has 6 nitrogen and oxygen atoms in total. The average Bonchev–Trinajstić information content (AvgIpc) is 2.89. The maximum atomic E-state index is 11.8. The van der Waals surface area contributed by atoms with Gasteiger partial charge in [0.05, 0.1) is 0 Å². The number of nitrogens with one attached hydrogen (secondary N) is 2. The Bertz CT molecular complexity index is 336. The Morgan fingerprint density at radius 3 is 2.60 bits per heavy atom. The van der Waals surface area contributed by atoms with E-state index in [1.807, 2.05) is 13.8 Å². The number of carboxylic acid groups (broad SMARTS) is 1. The molecule has 2 amide bonds. The van der Waals surface area contributed by atoms with Crippen LogP contribution >= 0.6 is 0 Å². The Hall–Kier alpha value is -1.30. The van der Waals surface area contributed by atoms with Crippen molar-refractivity contribution < 1.29 is 14.7 Å². The van der Waals surface area contributed by atoms with E-state index in [9.17, 15) is 9.59 Å². The van der Waals surface area contributed by atoms with E-state index < -0.39 is 12.0 Å². The molecule has 0 saturated carbocycles. The SMILES string of the molecule is CCC(C)[C@H](NC(=O)NCC1CCN(CC)C1)C(=O)O. The first-order valence-electron chi connectivity index (χ1n) is 7.47. The molecular formula is C14H27N3O3. The van der Waals surface area contributed by atoms with Crippen LogP contribution in [0.4, 0.5) is 4.79 Å². The van der Waals surface area contributed by atoms with Gasteiger partial charge in [0.15, 0.2) is 0 Å². The minimum absolute atomic E-state index is 0.0830. The second-order valence-corrected chi connectivity index (χ2v) is 5.60. The number of carbonyl (C=O) groups is 2. The van der Waals surface area contributed by atoms with Crippen LogP contribution in [0.25, 0.3) is 0 Å². The molecule has 0 aromatic carbocycles. The van der Waals surface area contributed by atoms with E-state index in [0.29, 0.717) is 18.9 Å². The highest BCUT2D eigenvalue weighted by molar-refractivity contribution is 5.82. The molecule has 3 atom stereocenters. The fourth-order valence-corrected chi connectivity index (χ4v) is 2.48. The summed E-state index contributed by atoms with van der Waals surface area (Å²) in [4.78, 5) is 25.3. The fourth-order valence-electron chi connectivity index (χ4n) is 2.48. The lowest BCUT2D eigenvalue weighted by molar-refractivity contribution is -0.140. The van der Waals surface area contributed by atoms with Crippen LogP contribution in [-0.2, 0) is 4.79 Å². The average molecular weight is 285 g/mol. The van der Waals surface area contributed by atoms with Crippen molar-refractivity contribution in [2.24, 2.45) is 11.8 Å². The molecule has 1 aliphatic heterocycles. The van der Waals surface area contributed by atoms with E-state index >= 15 is 0 Å². The highest BCUT2D eigenvalue weighted by Crippen LogP contribution is 2.14. The van der Waals surface area contributed by atoms with Gasteiger partial charge in [-0.15, -0.1) is 0 Å². The Morgan fingerprint density at radius 2 is 2.10 bits per heavy atom. The molecule has 116 valence electrons. The van der Waals surface area contributed by atoms with Crippen LogP contribution in [0.2, 0.25) is 0 Å². The lowest BCUT2D eigenvalue weighted by atomic mass is 9.99. The molecule has 0 aromatic rings. The Morgan fingerprint density at radius 1 is 1.40 bits per heavy atom. The number of hydrogen-bond acceptors (Lipinski definition) is 3. The number of likely N-dealkylation sites (tertiary alicyclic amines) is 1. The van der Waals surface area contributed by atoms with Gasteiger partial charge in [-0.3, -0.25) is 0 Å². The monoisotopic (exact) mass is 285 g/mol. The Kier molecular flexibility index (Phi) is 6.78. The van der Waals surface area contributed by atoms with Crippen molar-refractivity contribution in [3.63, 3.8) is 0 Å². The van der Waals surface area contributed by atoms with Crippen molar-refractivity contribution in [1.82, 2.24) is 15.5 Å². The van der Waals surface area contributed by atoms with Crippen molar-refractivity contribution in [3.05, 3.63) is 0 Å². The predicted molar refractivity (Wildman–Crippen MR) is 77.6 cm³/mol. The molecule has 0 spiro atoms. The van der Waals surface area contributed by atoms with Crippen molar-refractivity contribution in [2.75, 3.05) is 26.2 Å². The van der Waals surface area contributed by atoms with E-state index in [2.05, 4.69) is 22.5 Å². The van der Waals surface area contributed by atoms with Crippen LogP contribution in [0.3, 0.4) is 0 Å². The van der Waals surface area contributed by atoms with Crippen LogP contribution in [-0.4, -0.2) is 54.2 Å². The summed E-state index contributed by atoms with van der Waals surface area (Å²) >= 11 is 0. The molecule has 0 aliphatic carbocycles. The largest absolute Gasteiger partial charge is 0.480 e. The summed E-state index contributed by atoms with van der Waals surface area (Å²) in [6.45, 7) is 9.60. The van der Waals surface area contributed by atoms with Crippen molar-refractivity contribution in [1.29, 1.82) is 0 Å². The molecule has 20 heavy (non-hydrogen) atoms. The lowest BCUT2D eigenvalue weighted by Crippen LogP contribution is -2.49. The zero-order chi connectivity index (χ0) is 15.1. The zero-order valence-electron chi connectivity index (χ0n) is 12.7. The van der Waals surface area contributed by atoms with Gasteiger partial charge < -0.3 is 20.6 Å².